The number of carbonyl (C=O) groups excluding carboxylic acids is 1. The molecule has 0 saturated carbocycles. The molecule has 1 amide bonds. The van der Waals surface area contributed by atoms with E-state index in [1.807, 2.05) is 19.9 Å². The van der Waals surface area contributed by atoms with E-state index in [2.05, 4.69) is 49.2 Å². The van der Waals surface area contributed by atoms with E-state index in [0.29, 0.717) is 5.54 Å². The molecule has 0 bridgehead atoms. The molecule has 0 saturated heterocycles. The van der Waals surface area contributed by atoms with Gasteiger partial charge in [-0.25, -0.2) is 0 Å². The first-order valence-electron chi connectivity index (χ1n) is 6.65. The third-order valence-electron chi connectivity index (χ3n) is 3.25. The van der Waals surface area contributed by atoms with Gasteiger partial charge in [-0.2, -0.15) is 0 Å². The first-order valence-corrected chi connectivity index (χ1v) is 10.2. The molecule has 1 aromatic carbocycles. The molecule has 2 nitrogen and oxygen atoms in total. The van der Waals surface area contributed by atoms with Crippen LogP contribution in [0.1, 0.15) is 25.0 Å². The van der Waals surface area contributed by atoms with E-state index in [1.165, 1.54) is 5.56 Å². The summed E-state index contributed by atoms with van der Waals surface area (Å²) in [5, 5.41) is 3.08. The fourth-order valence-corrected chi connectivity index (χ4v) is 3.92. The molecule has 1 N–H and O–H groups in total. The second-order valence-electron chi connectivity index (χ2n) is 6.23. The van der Waals surface area contributed by atoms with Crippen molar-refractivity contribution in [2.45, 2.75) is 39.0 Å². The molecule has 0 aliphatic rings. The summed E-state index contributed by atoms with van der Waals surface area (Å²) in [6, 6.07) is 10.5. The van der Waals surface area contributed by atoms with Gasteiger partial charge < -0.3 is 5.32 Å². The molecule has 0 fully saturated rings. The molecule has 1 rings (SSSR count). The summed E-state index contributed by atoms with van der Waals surface area (Å²) >= 11 is 0. The number of benzene rings is 1. The molecule has 0 aliphatic heterocycles. The molecular formula is C15H25NOSi. The number of nitrogens with one attached hydrogen (secondary N) is 1. The van der Waals surface area contributed by atoms with Crippen LogP contribution in [0.5, 0.6) is 0 Å². The zero-order valence-corrected chi connectivity index (χ0v) is 13.2. The van der Waals surface area contributed by atoms with Gasteiger partial charge in [0.15, 0.2) is 0 Å². The van der Waals surface area contributed by atoms with Gasteiger partial charge in [-0.1, -0.05) is 63.8 Å². The molecule has 100 valence electrons. The predicted molar refractivity (Wildman–Crippen MR) is 80.4 cm³/mol. The zero-order chi connectivity index (χ0) is 13.8. The Morgan fingerprint density at radius 3 is 2.17 bits per heavy atom. The Morgan fingerprint density at radius 2 is 1.72 bits per heavy atom. The topological polar surface area (TPSA) is 29.1 Å². The highest BCUT2D eigenvalue weighted by molar-refractivity contribution is 6.77. The Bertz CT molecular complexity index is 381. The SMILES string of the molecule is CC(C)C(=O)NC[C@H](c1ccccc1)[Si](C)(C)C. The van der Waals surface area contributed by atoms with Gasteiger partial charge in [0.1, 0.15) is 0 Å². The van der Waals surface area contributed by atoms with Crippen molar-refractivity contribution in [1.82, 2.24) is 5.32 Å². The maximum Gasteiger partial charge on any atom is 0.222 e. The lowest BCUT2D eigenvalue weighted by molar-refractivity contribution is -0.123. The van der Waals surface area contributed by atoms with Crippen LogP contribution in [0.15, 0.2) is 30.3 Å². The average molecular weight is 263 g/mol. The first-order chi connectivity index (χ1) is 8.32. The van der Waals surface area contributed by atoms with E-state index >= 15 is 0 Å². The summed E-state index contributed by atoms with van der Waals surface area (Å²) in [5.74, 6) is 0.206. The summed E-state index contributed by atoms with van der Waals surface area (Å²) in [6.45, 7) is 11.7. The second kappa shape index (κ2) is 6.18. The van der Waals surface area contributed by atoms with E-state index in [4.69, 9.17) is 0 Å². The van der Waals surface area contributed by atoms with Crippen LogP contribution in [0, 0.1) is 5.92 Å². The molecule has 0 radical (unpaired) electrons. The maximum absolute atomic E-state index is 11.7. The van der Waals surface area contributed by atoms with Crippen LogP contribution < -0.4 is 5.32 Å². The fraction of sp³-hybridized carbons (Fsp3) is 0.533. The molecule has 0 heterocycles. The highest BCUT2D eigenvalue weighted by Gasteiger charge is 2.28. The molecular weight excluding hydrogens is 238 g/mol. The Morgan fingerprint density at radius 1 is 1.17 bits per heavy atom. The Kier molecular flexibility index (Phi) is 5.14. The Labute approximate surface area is 112 Å². The van der Waals surface area contributed by atoms with Gasteiger partial charge in [0, 0.05) is 12.5 Å². The Hall–Kier alpha value is -1.09. The number of carbonyl (C=O) groups is 1. The van der Waals surface area contributed by atoms with Crippen LogP contribution >= 0.6 is 0 Å². The van der Waals surface area contributed by atoms with Gasteiger partial charge in [-0.05, 0) is 11.1 Å². The van der Waals surface area contributed by atoms with Gasteiger partial charge in [0.2, 0.25) is 5.91 Å². The minimum absolute atomic E-state index is 0.0584. The number of hydrogen-bond acceptors (Lipinski definition) is 1. The first kappa shape index (κ1) is 15.0. The normalized spacial score (nSPS) is 13.4. The highest BCUT2D eigenvalue weighted by Crippen LogP contribution is 2.26. The van der Waals surface area contributed by atoms with E-state index in [0.717, 1.165) is 6.54 Å². The number of amides is 1. The molecule has 18 heavy (non-hydrogen) atoms. The molecule has 0 spiro atoms. The van der Waals surface area contributed by atoms with Crippen molar-refractivity contribution in [3.05, 3.63) is 35.9 Å². The number of rotatable bonds is 5. The van der Waals surface area contributed by atoms with Crippen LogP contribution in [0.4, 0.5) is 0 Å². The van der Waals surface area contributed by atoms with E-state index in [9.17, 15) is 4.79 Å². The lowest BCUT2D eigenvalue weighted by Crippen LogP contribution is -2.41. The lowest BCUT2D eigenvalue weighted by Gasteiger charge is -2.30. The quantitative estimate of drug-likeness (QED) is 0.810. The van der Waals surface area contributed by atoms with Gasteiger partial charge in [0.05, 0.1) is 8.07 Å². The third-order valence-corrected chi connectivity index (χ3v) is 5.88. The summed E-state index contributed by atoms with van der Waals surface area (Å²) in [5.41, 5.74) is 1.82. The maximum atomic E-state index is 11.7. The van der Waals surface area contributed by atoms with Crippen molar-refractivity contribution >= 4 is 14.0 Å². The fourth-order valence-electron chi connectivity index (χ4n) is 2.02. The van der Waals surface area contributed by atoms with Gasteiger partial charge in [-0.3, -0.25) is 4.79 Å². The predicted octanol–water partition coefficient (Wildman–Crippen LogP) is 3.42. The summed E-state index contributed by atoms with van der Waals surface area (Å²) < 4.78 is 0. The van der Waals surface area contributed by atoms with Gasteiger partial charge in [-0.15, -0.1) is 0 Å². The molecule has 0 aromatic heterocycles. The largest absolute Gasteiger partial charge is 0.356 e. The molecule has 3 heteroatoms. The van der Waals surface area contributed by atoms with Crippen molar-refractivity contribution in [3.63, 3.8) is 0 Å². The second-order valence-corrected chi connectivity index (χ2v) is 11.7. The molecule has 0 aliphatic carbocycles. The van der Waals surface area contributed by atoms with Crippen molar-refractivity contribution in [2.75, 3.05) is 6.54 Å². The van der Waals surface area contributed by atoms with Gasteiger partial charge >= 0.3 is 0 Å². The molecule has 0 unspecified atom stereocenters. The number of hydrogen-bond donors (Lipinski definition) is 1. The lowest BCUT2D eigenvalue weighted by atomic mass is 10.1. The van der Waals surface area contributed by atoms with Gasteiger partial charge in [0.25, 0.3) is 0 Å². The standard InChI is InChI=1S/C15H25NOSi/c1-12(2)15(17)16-11-14(18(3,4)5)13-9-7-6-8-10-13/h6-10,12,14H,11H2,1-5H3,(H,16,17)/t14-/m1/s1. The van der Waals surface area contributed by atoms with Crippen LogP contribution in [-0.4, -0.2) is 20.5 Å². The Balaban J connectivity index is 2.79. The van der Waals surface area contributed by atoms with Crippen LogP contribution in [0.2, 0.25) is 19.6 Å². The van der Waals surface area contributed by atoms with Crippen molar-refractivity contribution < 1.29 is 4.79 Å². The minimum Gasteiger partial charge on any atom is -0.356 e. The van der Waals surface area contributed by atoms with E-state index in [1.54, 1.807) is 0 Å². The third kappa shape index (κ3) is 4.30. The zero-order valence-electron chi connectivity index (χ0n) is 12.2. The van der Waals surface area contributed by atoms with Crippen LogP contribution in [-0.2, 0) is 4.79 Å². The van der Waals surface area contributed by atoms with E-state index < -0.39 is 8.07 Å². The summed E-state index contributed by atoms with van der Waals surface area (Å²) in [7, 11) is -1.34. The minimum atomic E-state index is -1.34. The average Bonchev–Trinajstić information content (AvgIpc) is 2.28. The van der Waals surface area contributed by atoms with Crippen molar-refractivity contribution in [2.24, 2.45) is 5.92 Å². The summed E-state index contributed by atoms with van der Waals surface area (Å²) in [6.07, 6.45) is 0. The van der Waals surface area contributed by atoms with Crippen molar-refractivity contribution in [3.8, 4) is 0 Å². The van der Waals surface area contributed by atoms with Crippen molar-refractivity contribution in [1.29, 1.82) is 0 Å². The monoisotopic (exact) mass is 263 g/mol. The highest BCUT2D eigenvalue weighted by atomic mass is 28.3. The summed E-state index contributed by atoms with van der Waals surface area (Å²) in [4.78, 5) is 11.7. The molecule has 1 aromatic rings. The van der Waals surface area contributed by atoms with Crippen LogP contribution in [0.3, 0.4) is 0 Å². The smallest absolute Gasteiger partial charge is 0.222 e. The van der Waals surface area contributed by atoms with E-state index in [-0.39, 0.29) is 11.8 Å². The molecule has 1 atom stereocenters. The van der Waals surface area contributed by atoms with Crippen LogP contribution in [0.25, 0.3) is 0 Å².